The number of carbonyl (C=O) groups excluding carboxylic acids is 1. The maximum atomic E-state index is 15.9. The molecule has 0 bridgehead atoms. The third-order valence-corrected chi connectivity index (χ3v) is 8.24. The van der Waals surface area contributed by atoms with Gasteiger partial charge in [0.25, 0.3) is 5.91 Å². The molecule has 1 amide bonds. The molecule has 2 saturated heterocycles. The molecular formula is C31H42F3N5O2. The minimum Gasteiger partial charge on any atom is -0.504 e. The van der Waals surface area contributed by atoms with Crippen molar-refractivity contribution in [2.75, 3.05) is 53.4 Å². The van der Waals surface area contributed by atoms with E-state index >= 15 is 4.39 Å². The topological polar surface area (TPSA) is 51.3 Å². The summed E-state index contributed by atoms with van der Waals surface area (Å²) in [5.74, 6) is -1.58. The van der Waals surface area contributed by atoms with E-state index in [-0.39, 0.29) is 31.0 Å². The first kappa shape index (κ1) is 30.7. The van der Waals surface area contributed by atoms with E-state index in [4.69, 9.17) is 4.74 Å². The first-order valence-corrected chi connectivity index (χ1v) is 14.3. The predicted molar refractivity (Wildman–Crippen MR) is 154 cm³/mol. The predicted octanol–water partition coefficient (Wildman–Crippen LogP) is 4.52. The van der Waals surface area contributed by atoms with Crippen molar-refractivity contribution >= 4 is 5.91 Å². The van der Waals surface area contributed by atoms with Crippen LogP contribution in [-0.4, -0.2) is 90.8 Å². The van der Waals surface area contributed by atoms with Crippen molar-refractivity contribution in [2.45, 2.75) is 50.9 Å². The quantitative estimate of drug-likeness (QED) is 0.328. The second-order valence-electron chi connectivity index (χ2n) is 11.0. The van der Waals surface area contributed by atoms with E-state index in [9.17, 15) is 13.6 Å². The Balaban J connectivity index is 1.37. The summed E-state index contributed by atoms with van der Waals surface area (Å²) >= 11 is 0. The Morgan fingerprint density at radius 1 is 1.15 bits per heavy atom. The summed E-state index contributed by atoms with van der Waals surface area (Å²) in [5.41, 5.74) is 3.29. The van der Waals surface area contributed by atoms with Crippen molar-refractivity contribution in [2.24, 2.45) is 0 Å². The molecular weight excluding hydrogens is 531 g/mol. The fourth-order valence-electron chi connectivity index (χ4n) is 5.77. The normalized spacial score (nSPS) is 20.5. The average Bonchev–Trinajstić information content (AvgIpc) is 2.97. The second kappa shape index (κ2) is 14.1. The van der Waals surface area contributed by atoms with Crippen LogP contribution >= 0.6 is 0 Å². The molecule has 0 unspecified atom stereocenters. The average molecular weight is 574 g/mol. The molecule has 0 aromatic heterocycles. The van der Waals surface area contributed by atoms with Gasteiger partial charge in [-0.25, -0.2) is 13.2 Å². The number of allylic oxidation sites excluding steroid dienone is 1. The zero-order valence-corrected chi connectivity index (χ0v) is 24.3. The number of hydrazine groups is 1. The Labute approximate surface area is 241 Å². The SMILES string of the molecule is C/C=C(\C=C/OC)CN1CCC(F)(C(=O)N2CCC(N(CC3=CN(C)NC=C3)Cc3c(F)cccc3F)CC2)CC1. The molecule has 1 aromatic rings. The Hall–Kier alpha value is -3.24. The van der Waals surface area contributed by atoms with Crippen molar-refractivity contribution in [3.8, 4) is 0 Å². The van der Waals surface area contributed by atoms with Crippen molar-refractivity contribution in [3.63, 3.8) is 0 Å². The highest BCUT2D eigenvalue weighted by Gasteiger charge is 2.45. The van der Waals surface area contributed by atoms with Crippen LogP contribution in [0.3, 0.4) is 0 Å². The van der Waals surface area contributed by atoms with Gasteiger partial charge in [-0.3, -0.25) is 19.6 Å². The fraction of sp³-hybridized carbons (Fsp3) is 0.516. The number of methoxy groups -OCH3 is 1. The van der Waals surface area contributed by atoms with Crippen LogP contribution in [0.1, 0.15) is 38.2 Å². The van der Waals surface area contributed by atoms with Crippen LogP contribution in [0.4, 0.5) is 13.2 Å². The molecule has 0 saturated carbocycles. The van der Waals surface area contributed by atoms with Gasteiger partial charge in [0.1, 0.15) is 11.6 Å². The van der Waals surface area contributed by atoms with E-state index in [0.29, 0.717) is 52.1 Å². The number of hydrogen-bond donors (Lipinski definition) is 1. The Morgan fingerprint density at radius 2 is 1.83 bits per heavy atom. The number of benzene rings is 1. The molecule has 3 aliphatic heterocycles. The number of rotatable bonds is 10. The van der Waals surface area contributed by atoms with E-state index < -0.39 is 23.2 Å². The number of ether oxygens (including phenoxy) is 1. The van der Waals surface area contributed by atoms with Gasteiger partial charge < -0.3 is 15.1 Å². The molecule has 1 N–H and O–H groups in total. The summed E-state index contributed by atoms with van der Waals surface area (Å²) in [6.45, 7) is 5.07. The van der Waals surface area contributed by atoms with E-state index in [1.54, 1.807) is 18.3 Å². The Morgan fingerprint density at radius 3 is 2.44 bits per heavy atom. The number of nitrogens with one attached hydrogen (secondary N) is 1. The zero-order valence-electron chi connectivity index (χ0n) is 24.3. The molecule has 2 fully saturated rings. The van der Waals surface area contributed by atoms with Gasteiger partial charge in [0.2, 0.25) is 0 Å². The summed E-state index contributed by atoms with van der Waals surface area (Å²) in [7, 11) is 3.47. The van der Waals surface area contributed by atoms with Crippen LogP contribution in [0.2, 0.25) is 0 Å². The Bertz CT molecular complexity index is 1150. The molecule has 10 heteroatoms. The third-order valence-electron chi connectivity index (χ3n) is 8.24. The molecule has 0 spiro atoms. The fourth-order valence-corrected chi connectivity index (χ4v) is 5.77. The van der Waals surface area contributed by atoms with Gasteiger partial charge in [0.05, 0.1) is 13.4 Å². The largest absolute Gasteiger partial charge is 0.504 e. The molecule has 224 valence electrons. The first-order valence-electron chi connectivity index (χ1n) is 14.3. The number of amides is 1. The number of piperidine rings is 2. The van der Waals surface area contributed by atoms with Gasteiger partial charge in [0.15, 0.2) is 5.67 Å². The van der Waals surface area contributed by atoms with Gasteiger partial charge in [-0.15, -0.1) is 0 Å². The summed E-state index contributed by atoms with van der Waals surface area (Å²) in [5, 5.41) is 1.82. The Kier molecular flexibility index (Phi) is 10.6. The summed E-state index contributed by atoms with van der Waals surface area (Å²) in [6, 6.07) is 3.91. The van der Waals surface area contributed by atoms with E-state index in [1.165, 1.54) is 18.2 Å². The molecule has 0 atom stereocenters. The molecule has 41 heavy (non-hydrogen) atoms. The van der Waals surface area contributed by atoms with Gasteiger partial charge in [0, 0.05) is 89.7 Å². The zero-order chi connectivity index (χ0) is 29.4. The number of hydrogen-bond acceptors (Lipinski definition) is 6. The number of nitrogens with zero attached hydrogens (tertiary/aromatic N) is 4. The second-order valence-corrected chi connectivity index (χ2v) is 11.0. The number of halogens is 3. The van der Waals surface area contributed by atoms with Gasteiger partial charge in [-0.1, -0.05) is 12.1 Å². The van der Waals surface area contributed by atoms with Crippen molar-refractivity contribution in [1.82, 2.24) is 25.1 Å². The van der Waals surface area contributed by atoms with Gasteiger partial charge >= 0.3 is 0 Å². The standard InChI is InChI=1S/C31H42F3N5O2/c1-4-24(11-19-41-3)21-37-17-12-31(34,13-18-37)30(40)38-15-9-26(10-16-38)39(22-25-8-14-35-36(2)20-25)23-27-28(32)6-5-7-29(27)33/h4-8,11,14,19-20,26,35H,9-10,12-13,15-18,21-23H2,1-3H3/b19-11-,24-4+. The monoisotopic (exact) mass is 573 g/mol. The molecule has 1 aromatic carbocycles. The van der Waals surface area contributed by atoms with Gasteiger partial charge in [-0.05, 0) is 55.2 Å². The van der Waals surface area contributed by atoms with Crippen molar-refractivity contribution < 1.29 is 22.7 Å². The lowest BCUT2D eigenvalue weighted by Gasteiger charge is -2.42. The lowest BCUT2D eigenvalue weighted by molar-refractivity contribution is -0.149. The molecule has 0 radical (unpaired) electrons. The summed E-state index contributed by atoms with van der Waals surface area (Å²) < 4.78 is 50.1. The van der Waals surface area contributed by atoms with Crippen molar-refractivity contribution in [3.05, 3.63) is 83.4 Å². The maximum Gasteiger partial charge on any atom is 0.260 e. The number of likely N-dealkylation sites (tertiary alicyclic amines) is 2. The minimum atomic E-state index is -1.87. The molecule has 7 nitrogen and oxygen atoms in total. The van der Waals surface area contributed by atoms with Crippen LogP contribution in [0.15, 0.2) is 66.2 Å². The van der Waals surface area contributed by atoms with Crippen LogP contribution in [0.5, 0.6) is 0 Å². The lowest BCUT2D eigenvalue weighted by Crippen LogP contribution is -2.55. The number of alkyl halides is 1. The molecule has 0 aliphatic carbocycles. The summed E-state index contributed by atoms with van der Waals surface area (Å²) in [4.78, 5) is 19.2. The van der Waals surface area contributed by atoms with Crippen molar-refractivity contribution in [1.29, 1.82) is 0 Å². The highest BCUT2D eigenvalue weighted by atomic mass is 19.1. The van der Waals surface area contributed by atoms with E-state index in [2.05, 4.69) is 15.2 Å². The minimum absolute atomic E-state index is 0.00985. The van der Waals surface area contributed by atoms with E-state index in [1.807, 2.05) is 49.6 Å². The first-order chi connectivity index (χ1) is 19.7. The van der Waals surface area contributed by atoms with Crippen LogP contribution in [0.25, 0.3) is 0 Å². The highest BCUT2D eigenvalue weighted by molar-refractivity contribution is 5.85. The molecule has 3 heterocycles. The highest BCUT2D eigenvalue weighted by Crippen LogP contribution is 2.31. The third kappa shape index (κ3) is 7.95. The van der Waals surface area contributed by atoms with Crippen LogP contribution in [-0.2, 0) is 16.1 Å². The van der Waals surface area contributed by atoms with Crippen LogP contribution < -0.4 is 5.43 Å². The molecule has 4 rings (SSSR count). The van der Waals surface area contributed by atoms with E-state index in [0.717, 1.165) is 11.1 Å². The summed E-state index contributed by atoms with van der Waals surface area (Å²) in [6.07, 6.45) is 12.8. The van der Waals surface area contributed by atoms with Gasteiger partial charge in [-0.2, -0.15) is 0 Å². The maximum absolute atomic E-state index is 15.9. The molecule has 3 aliphatic rings. The lowest BCUT2D eigenvalue weighted by atomic mass is 9.90. The smallest absolute Gasteiger partial charge is 0.260 e. The van der Waals surface area contributed by atoms with Crippen LogP contribution in [0, 0.1) is 11.6 Å². The number of carbonyl (C=O) groups is 1.